The molecule has 6 heteroatoms. The lowest BCUT2D eigenvalue weighted by atomic mass is 10.4. The summed E-state index contributed by atoms with van der Waals surface area (Å²) >= 11 is 0. The van der Waals surface area contributed by atoms with E-state index in [1.165, 1.54) is 18.5 Å². The van der Waals surface area contributed by atoms with Gasteiger partial charge in [-0.25, -0.2) is 14.1 Å². The van der Waals surface area contributed by atoms with Crippen LogP contribution in [0, 0.1) is 5.82 Å². The minimum Gasteiger partial charge on any atom is -0.254 e. The fraction of sp³-hybridized carbons (Fsp3) is 0.333. The SMILES string of the molecule is CC(C)n1ncnc1CS(=O)c1cccc(F)c1. The molecule has 18 heavy (non-hydrogen) atoms. The topological polar surface area (TPSA) is 47.8 Å². The van der Waals surface area contributed by atoms with E-state index in [2.05, 4.69) is 10.1 Å². The Morgan fingerprint density at radius 1 is 1.44 bits per heavy atom. The third kappa shape index (κ3) is 2.81. The van der Waals surface area contributed by atoms with Crippen LogP contribution in [0.5, 0.6) is 0 Å². The first kappa shape index (κ1) is 12.9. The Morgan fingerprint density at radius 3 is 2.89 bits per heavy atom. The van der Waals surface area contributed by atoms with Crippen molar-refractivity contribution in [1.82, 2.24) is 14.8 Å². The maximum absolute atomic E-state index is 13.0. The molecule has 0 aliphatic carbocycles. The van der Waals surface area contributed by atoms with Gasteiger partial charge in [0, 0.05) is 10.9 Å². The molecule has 0 saturated heterocycles. The molecule has 4 nitrogen and oxygen atoms in total. The molecule has 1 atom stereocenters. The molecule has 1 unspecified atom stereocenters. The van der Waals surface area contributed by atoms with Crippen molar-refractivity contribution in [1.29, 1.82) is 0 Å². The summed E-state index contributed by atoms with van der Waals surface area (Å²) < 4.78 is 26.9. The summed E-state index contributed by atoms with van der Waals surface area (Å²) in [5.41, 5.74) is 0. The quantitative estimate of drug-likeness (QED) is 0.854. The number of nitrogens with zero attached hydrogens (tertiary/aromatic N) is 3. The lowest BCUT2D eigenvalue weighted by molar-refractivity contribution is 0.513. The molecule has 1 aromatic heterocycles. The maximum Gasteiger partial charge on any atom is 0.140 e. The third-order valence-corrected chi connectivity index (χ3v) is 3.76. The molecule has 0 fully saturated rings. The van der Waals surface area contributed by atoms with E-state index in [4.69, 9.17) is 0 Å². The summed E-state index contributed by atoms with van der Waals surface area (Å²) in [5, 5.41) is 4.08. The molecule has 0 amide bonds. The van der Waals surface area contributed by atoms with Gasteiger partial charge in [-0.05, 0) is 32.0 Å². The maximum atomic E-state index is 13.0. The van der Waals surface area contributed by atoms with E-state index < -0.39 is 10.8 Å². The van der Waals surface area contributed by atoms with Crippen LogP contribution in [0.15, 0.2) is 35.5 Å². The highest BCUT2D eigenvalue weighted by atomic mass is 32.2. The van der Waals surface area contributed by atoms with E-state index in [1.54, 1.807) is 16.8 Å². The normalized spacial score (nSPS) is 12.9. The molecule has 2 aromatic rings. The first-order chi connectivity index (χ1) is 8.58. The van der Waals surface area contributed by atoms with Gasteiger partial charge in [0.15, 0.2) is 0 Å². The van der Waals surface area contributed by atoms with Crippen molar-refractivity contribution < 1.29 is 8.60 Å². The Bertz CT molecular complexity index is 568. The second-order valence-corrected chi connectivity index (χ2v) is 5.61. The van der Waals surface area contributed by atoms with Crippen LogP contribution in [-0.2, 0) is 16.6 Å². The average molecular weight is 267 g/mol. The van der Waals surface area contributed by atoms with Crippen molar-refractivity contribution in [3.63, 3.8) is 0 Å². The largest absolute Gasteiger partial charge is 0.254 e. The highest BCUT2D eigenvalue weighted by molar-refractivity contribution is 7.84. The Hall–Kier alpha value is -1.56. The molecule has 1 aromatic carbocycles. The number of benzene rings is 1. The molecule has 0 saturated carbocycles. The summed E-state index contributed by atoms with van der Waals surface area (Å²) in [6.07, 6.45) is 1.44. The fourth-order valence-electron chi connectivity index (χ4n) is 1.62. The van der Waals surface area contributed by atoms with Crippen LogP contribution in [0.25, 0.3) is 0 Å². The van der Waals surface area contributed by atoms with E-state index in [0.717, 1.165) is 0 Å². The molecule has 0 spiro atoms. The summed E-state index contributed by atoms with van der Waals surface area (Å²) in [7, 11) is -1.31. The zero-order chi connectivity index (χ0) is 13.1. The van der Waals surface area contributed by atoms with Crippen molar-refractivity contribution in [2.24, 2.45) is 0 Å². The number of hydrogen-bond donors (Lipinski definition) is 0. The van der Waals surface area contributed by atoms with Gasteiger partial charge in [-0.3, -0.25) is 4.21 Å². The van der Waals surface area contributed by atoms with E-state index in [-0.39, 0.29) is 17.6 Å². The Morgan fingerprint density at radius 2 is 2.22 bits per heavy atom. The van der Waals surface area contributed by atoms with Crippen molar-refractivity contribution in [3.05, 3.63) is 42.2 Å². The van der Waals surface area contributed by atoms with Gasteiger partial charge in [0.05, 0.1) is 16.6 Å². The molecule has 0 aliphatic heterocycles. The van der Waals surface area contributed by atoms with E-state index >= 15 is 0 Å². The number of halogens is 1. The van der Waals surface area contributed by atoms with Crippen LogP contribution in [0.4, 0.5) is 4.39 Å². The fourth-order valence-corrected chi connectivity index (χ4v) is 2.70. The minimum absolute atomic E-state index is 0.159. The van der Waals surface area contributed by atoms with Crippen molar-refractivity contribution in [3.8, 4) is 0 Å². The van der Waals surface area contributed by atoms with E-state index in [1.807, 2.05) is 13.8 Å². The van der Waals surface area contributed by atoms with Crippen LogP contribution in [-0.4, -0.2) is 19.0 Å². The molecule has 0 radical (unpaired) electrons. The molecule has 96 valence electrons. The summed E-state index contributed by atoms with van der Waals surface area (Å²) in [5.74, 6) is 0.500. The van der Waals surface area contributed by atoms with Gasteiger partial charge >= 0.3 is 0 Å². The molecule has 0 bridgehead atoms. The molecular formula is C12H14FN3OS. The van der Waals surface area contributed by atoms with E-state index in [0.29, 0.717) is 10.7 Å². The van der Waals surface area contributed by atoms with Crippen LogP contribution < -0.4 is 0 Å². The summed E-state index contributed by atoms with van der Waals surface area (Å²) in [6.45, 7) is 3.95. The first-order valence-corrected chi connectivity index (χ1v) is 6.92. The summed E-state index contributed by atoms with van der Waals surface area (Å²) in [4.78, 5) is 4.56. The van der Waals surface area contributed by atoms with E-state index in [9.17, 15) is 8.60 Å². The second-order valence-electron chi connectivity index (χ2n) is 4.16. The van der Waals surface area contributed by atoms with Gasteiger partial charge in [0.2, 0.25) is 0 Å². The second kappa shape index (κ2) is 5.39. The lowest BCUT2D eigenvalue weighted by Gasteiger charge is -2.09. The van der Waals surface area contributed by atoms with Gasteiger partial charge in [-0.1, -0.05) is 6.07 Å². The molecule has 0 aliphatic rings. The first-order valence-electron chi connectivity index (χ1n) is 5.60. The van der Waals surface area contributed by atoms with Crippen molar-refractivity contribution >= 4 is 10.8 Å². The number of rotatable bonds is 4. The third-order valence-electron chi connectivity index (χ3n) is 2.46. The number of aromatic nitrogens is 3. The van der Waals surface area contributed by atoms with Crippen LogP contribution >= 0.6 is 0 Å². The zero-order valence-corrected chi connectivity index (χ0v) is 11.0. The standard InChI is InChI=1S/C12H14FN3OS/c1-9(2)16-12(14-8-15-16)7-18(17)11-5-3-4-10(13)6-11/h3-6,8-9H,7H2,1-2H3. The zero-order valence-electron chi connectivity index (χ0n) is 10.2. The highest BCUT2D eigenvalue weighted by Gasteiger charge is 2.13. The molecular weight excluding hydrogens is 253 g/mol. The molecule has 1 heterocycles. The van der Waals surface area contributed by atoms with Gasteiger partial charge in [-0.15, -0.1) is 0 Å². The van der Waals surface area contributed by atoms with Gasteiger partial charge < -0.3 is 0 Å². The summed E-state index contributed by atoms with van der Waals surface area (Å²) in [6, 6.07) is 5.97. The average Bonchev–Trinajstić information content (AvgIpc) is 2.77. The predicted molar refractivity (Wildman–Crippen MR) is 66.9 cm³/mol. The highest BCUT2D eigenvalue weighted by Crippen LogP contribution is 2.14. The number of hydrogen-bond acceptors (Lipinski definition) is 3. The lowest BCUT2D eigenvalue weighted by Crippen LogP contribution is -2.10. The van der Waals surface area contributed by atoms with Crippen molar-refractivity contribution in [2.45, 2.75) is 30.5 Å². The Kier molecular flexibility index (Phi) is 3.86. The minimum atomic E-state index is -1.31. The Balaban J connectivity index is 2.19. The van der Waals surface area contributed by atoms with Gasteiger partial charge in [0.25, 0.3) is 0 Å². The monoisotopic (exact) mass is 267 g/mol. The smallest absolute Gasteiger partial charge is 0.140 e. The van der Waals surface area contributed by atoms with Crippen LogP contribution in [0.3, 0.4) is 0 Å². The Labute approximate surface area is 107 Å². The van der Waals surface area contributed by atoms with Crippen LogP contribution in [0.2, 0.25) is 0 Å². The van der Waals surface area contributed by atoms with Crippen molar-refractivity contribution in [2.75, 3.05) is 0 Å². The predicted octanol–water partition coefficient (Wildman–Crippen LogP) is 2.31. The van der Waals surface area contributed by atoms with Gasteiger partial charge in [-0.2, -0.15) is 5.10 Å². The molecule has 2 rings (SSSR count). The van der Waals surface area contributed by atoms with Crippen LogP contribution in [0.1, 0.15) is 25.7 Å². The molecule has 0 N–H and O–H groups in total. The van der Waals surface area contributed by atoms with Gasteiger partial charge in [0.1, 0.15) is 18.0 Å².